The molecule has 0 spiro atoms. The minimum Gasteiger partial charge on any atom is -0.404 e. The highest BCUT2D eigenvalue weighted by atomic mass is 19.3. The van der Waals surface area contributed by atoms with Crippen molar-refractivity contribution >= 4 is 29.2 Å². The summed E-state index contributed by atoms with van der Waals surface area (Å²) < 4.78 is 30.4. The Labute approximate surface area is 217 Å². The predicted molar refractivity (Wildman–Crippen MR) is 143 cm³/mol. The van der Waals surface area contributed by atoms with E-state index < -0.39 is 6.43 Å². The zero-order valence-electron chi connectivity index (χ0n) is 21.7. The van der Waals surface area contributed by atoms with Crippen LogP contribution in [0.2, 0.25) is 0 Å². The summed E-state index contributed by atoms with van der Waals surface area (Å²) in [5.74, 6) is 0.509. The summed E-state index contributed by atoms with van der Waals surface area (Å²) in [6.07, 6.45) is 4.39. The first kappa shape index (κ1) is 26.8. The average molecular weight is 515 g/mol. The van der Waals surface area contributed by atoms with E-state index >= 15 is 0 Å². The maximum Gasteiger partial charge on any atom is 0.279 e. The molecule has 0 radical (unpaired) electrons. The van der Waals surface area contributed by atoms with Gasteiger partial charge in [0.15, 0.2) is 0 Å². The molecule has 1 aromatic rings. The zero-order valence-corrected chi connectivity index (χ0v) is 21.7. The molecule has 0 aromatic heterocycles. The number of alkyl halides is 2. The van der Waals surface area contributed by atoms with Crippen molar-refractivity contribution in [1.29, 1.82) is 0 Å². The van der Waals surface area contributed by atoms with E-state index in [9.17, 15) is 13.6 Å². The van der Waals surface area contributed by atoms with Crippen molar-refractivity contribution < 1.29 is 18.2 Å². The number of carbonyl (C=O) groups excluding carboxylic acids is 1. The number of hydrogen-bond acceptors (Lipinski definition) is 5. The Hall–Kier alpha value is -3.27. The van der Waals surface area contributed by atoms with Gasteiger partial charge in [-0.05, 0) is 62.0 Å². The van der Waals surface area contributed by atoms with E-state index in [1.165, 1.54) is 12.4 Å². The number of fused-ring (bicyclic) bond motifs is 1. The lowest BCUT2D eigenvalue weighted by Gasteiger charge is -2.33. The number of benzene rings is 1. The summed E-state index contributed by atoms with van der Waals surface area (Å²) in [4.78, 5) is 18.0. The number of aliphatic imine (C=N–C) groups is 1. The van der Waals surface area contributed by atoms with Gasteiger partial charge in [0.25, 0.3) is 12.3 Å². The molecule has 0 saturated carbocycles. The van der Waals surface area contributed by atoms with Gasteiger partial charge in [-0.3, -0.25) is 15.5 Å². The predicted octanol–water partition coefficient (Wildman–Crippen LogP) is 2.42. The number of amidine groups is 1. The van der Waals surface area contributed by atoms with E-state index in [0.717, 1.165) is 55.6 Å². The second-order valence-electron chi connectivity index (χ2n) is 9.83. The molecule has 0 bridgehead atoms. The Morgan fingerprint density at radius 3 is 2.70 bits per heavy atom. The summed E-state index contributed by atoms with van der Waals surface area (Å²) in [6, 6.07) is 3.67. The third-order valence-corrected chi connectivity index (χ3v) is 7.47. The smallest absolute Gasteiger partial charge is 0.279 e. The van der Waals surface area contributed by atoms with Crippen LogP contribution >= 0.6 is 0 Å². The first-order valence-electron chi connectivity index (χ1n) is 13.0. The number of rotatable bonds is 6. The lowest BCUT2D eigenvalue weighted by molar-refractivity contribution is -0.447. The molecule has 4 rings (SSSR count). The van der Waals surface area contributed by atoms with Crippen molar-refractivity contribution in [2.24, 2.45) is 16.5 Å². The largest absolute Gasteiger partial charge is 0.404 e. The van der Waals surface area contributed by atoms with Crippen molar-refractivity contribution in [3.8, 4) is 0 Å². The molecule has 10 heteroatoms. The molecule has 1 aromatic carbocycles. The lowest BCUT2D eigenvalue weighted by Crippen LogP contribution is -2.46. The Morgan fingerprint density at radius 1 is 1.30 bits per heavy atom. The first-order chi connectivity index (χ1) is 17.8. The molecular weight excluding hydrogens is 476 g/mol. The maximum atomic E-state index is 14.2. The van der Waals surface area contributed by atoms with Gasteiger partial charge in [0.2, 0.25) is 5.91 Å². The molecule has 0 aliphatic carbocycles. The number of nitrogens with two attached hydrogens (primary N) is 2. The van der Waals surface area contributed by atoms with Crippen LogP contribution in [0.1, 0.15) is 55.7 Å². The molecule has 8 nitrogen and oxygen atoms in total. The number of allylic oxidation sites excluding steroid dienone is 1. The van der Waals surface area contributed by atoms with Crippen LogP contribution < -0.4 is 22.1 Å². The SMILES string of the molecule is CN=C/C(=C\N)c1cc2c(cc1C(F)F)[N+](=C(N)C1=C(NC3CCNCC3)CCN(C(C)=O)C1)CCC2. The van der Waals surface area contributed by atoms with Crippen LogP contribution in [0.25, 0.3) is 5.57 Å². The third-order valence-electron chi connectivity index (χ3n) is 7.47. The summed E-state index contributed by atoms with van der Waals surface area (Å²) >= 11 is 0. The van der Waals surface area contributed by atoms with Gasteiger partial charge in [-0.15, -0.1) is 0 Å². The quantitative estimate of drug-likeness (QED) is 0.265. The van der Waals surface area contributed by atoms with Gasteiger partial charge in [0.1, 0.15) is 5.69 Å². The van der Waals surface area contributed by atoms with Crippen molar-refractivity contribution in [2.45, 2.75) is 51.5 Å². The van der Waals surface area contributed by atoms with E-state index in [-0.39, 0.29) is 11.5 Å². The normalized spacial score (nSPS) is 21.0. The van der Waals surface area contributed by atoms with Crippen LogP contribution in [0.3, 0.4) is 0 Å². The number of nitrogens with one attached hydrogen (secondary N) is 2. The summed E-state index contributed by atoms with van der Waals surface area (Å²) in [5, 5.41) is 7.09. The standard InChI is InChI=1S/C27H37F2N7O/c1-17(37)35-11-7-24(34-20-5-8-33-9-6-20)23(16-35)27(31)36-10-3-4-18-12-21(19(14-30)15-32-2)22(26(28)29)13-25(18)36/h12-15,20,26,33H,3-11,16H2,1-2H3,(H4,30,31,32,34)/p+1. The second kappa shape index (κ2) is 11.9. The van der Waals surface area contributed by atoms with E-state index in [0.29, 0.717) is 54.8 Å². The number of piperidine rings is 1. The summed E-state index contributed by atoms with van der Waals surface area (Å²) in [6.45, 7) is 5.11. The Kier molecular flexibility index (Phi) is 8.58. The van der Waals surface area contributed by atoms with Crippen LogP contribution in [-0.2, 0) is 11.2 Å². The van der Waals surface area contributed by atoms with E-state index in [1.54, 1.807) is 31.0 Å². The van der Waals surface area contributed by atoms with Crippen LogP contribution in [0.15, 0.2) is 34.6 Å². The van der Waals surface area contributed by atoms with Gasteiger partial charge in [0, 0.05) is 62.2 Å². The number of aryl methyl sites for hydroxylation is 1. The van der Waals surface area contributed by atoms with Gasteiger partial charge in [-0.2, -0.15) is 0 Å². The van der Waals surface area contributed by atoms with Crippen molar-refractivity contribution in [3.05, 3.63) is 46.3 Å². The van der Waals surface area contributed by atoms with Crippen LogP contribution in [0.5, 0.6) is 0 Å². The van der Waals surface area contributed by atoms with E-state index in [1.807, 2.05) is 4.58 Å². The van der Waals surface area contributed by atoms with Gasteiger partial charge in [0.05, 0.1) is 18.7 Å². The van der Waals surface area contributed by atoms with E-state index in [2.05, 4.69) is 15.6 Å². The molecule has 0 unspecified atom stereocenters. The van der Waals surface area contributed by atoms with E-state index in [4.69, 9.17) is 11.5 Å². The van der Waals surface area contributed by atoms with Crippen LogP contribution in [-0.4, -0.2) is 73.2 Å². The minimum atomic E-state index is -2.69. The molecule has 6 N–H and O–H groups in total. The van der Waals surface area contributed by atoms with Crippen molar-refractivity contribution in [1.82, 2.24) is 15.5 Å². The zero-order chi connectivity index (χ0) is 26.5. The highest BCUT2D eigenvalue weighted by molar-refractivity contribution is 6.10. The van der Waals surface area contributed by atoms with Gasteiger partial charge in [-0.25, -0.2) is 13.4 Å². The fraction of sp³-hybridized carbons (Fsp3) is 0.519. The molecule has 3 aliphatic heterocycles. The Morgan fingerprint density at radius 2 is 2.05 bits per heavy atom. The highest BCUT2D eigenvalue weighted by Crippen LogP contribution is 2.36. The molecule has 37 heavy (non-hydrogen) atoms. The van der Waals surface area contributed by atoms with Gasteiger partial charge < -0.3 is 21.3 Å². The molecule has 1 saturated heterocycles. The first-order valence-corrected chi connectivity index (χ1v) is 13.0. The monoisotopic (exact) mass is 514 g/mol. The molecular formula is C27H38F2N7O+. The summed E-state index contributed by atoms with van der Waals surface area (Å²) in [5.41, 5.74) is 16.9. The third kappa shape index (κ3) is 5.84. The maximum absolute atomic E-state index is 14.2. The minimum absolute atomic E-state index is 0.00595. The molecule has 200 valence electrons. The number of nitrogens with zero attached hydrogens (tertiary/aromatic N) is 3. The fourth-order valence-electron chi connectivity index (χ4n) is 5.47. The summed E-state index contributed by atoms with van der Waals surface area (Å²) in [7, 11) is 1.58. The molecule has 1 amide bonds. The topological polar surface area (TPSA) is 112 Å². The Balaban J connectivity index is 1.82. The van der Waals surface area contributed by atoms with Crippen LogP contribution in [0, 0.1) is 0 Å². The highest BCUT2D eigenvalue weighted by Gasteiger charge is 2.32. The second-order valence-corrected chi connectivity index (χ2v) is 9.83. The Bertz CT molecular complexity index is 1150. The van der Waals surface area contributed by atoms with Crippen molar-refractivity contribution in [3.63, 3.8) is 0 Å². The van der Waals surface area contributed by atoms with Gasteiger partial charge >= 0.3 is 0 Å². The van der Waals surface area contributed by atoms with Gasteiger partial charge in [-0.1, -0.05) is 0 Å². The average Bonchev–Trinajstić information content (AvgIpc) is 2.90. The number of hydrogen-bond donors (Lipinski definition) is 4. The lowest BCUT2D eigenvalue weighted by atomic mass is 9.92. The number of halogens is 2. The van der Waals surface area contributed by atoms with Crippen LogP contribution in [0.4, 0.5) is 14.5 Å². The number of carbonyl (C=O) groups is 1. The molecule has 1 fully saturated rings. The molecule has 3 aliphatic rings. The fourth-order valence-corrected chi connectivity index (χ4v) is 5.47. The molecule has 3 heterocycles. The molecule has 0 atom stereocenters. The van der Waals surface area contributed by atoms with Crippen molar-refractivity contribution in [2.75, 3.05) is 39.8 Å². The number of amides is 1.